The number of halogens is 1. The van der Waals surface area contributed by atoms with Crippen molar-refractivity contribution >= 4 is 23.4 Å². The van der Waals surface area contributed by atoms with Crippen molar-refractivity contribution in [2.24, 2.45) is 0 Å². The van der Waals surface area contributed by atoms with E-state index < -0.39 is 0 Å². The van der Waals surface area contributed by atoms with E-state index in [1.54, 1.807) is 0 Å². The highest BCUT2D eigenvalue weighted by Gasteiger charge is 2.23. The monoisotopic (exact) mass is 336 g/mol. The lowest BCUT2D eigenvalue weighted by Crippen LogP contribution is -2.46. The van der Waals surface area contributed by atoms with Crippen LogP contribution in [0, 0.1) is 6.92 Å². The first-order valence-electron chi connectivity index (χ1n) is 8.27. The fourth-order valence-electron chi connectivity index (χ4n) is 2.82. The molecule has 1 saturated heterocycles. The lowest BCUT2D eigenvalue weighted by atomic mass is 10.0. The number of aryl methyl sites for hydroxylation is 2. The molecule has 0 atom stereocenters. The molecular weight excluding hydrogens is 312 g/mol. The number of carbonyl (C=O) groups is 2. The van der Waals surface area contributed by atoms with Crippen LogP contribution in [0.2, 0.25) is 0 Å². The van der Waals surface area contributed by atoms with E-state index in [9.17, 15) is 9.59 Å². The highest BCUT2D eigenvalue weighted by Crippen LogP contribution is 2.13. The number of nitrogens with zero attached hydrogens (tertiary/aromatic N) is 1. The fraction of sp³-hybridized carbons (Fsp3) is 0.556. The number of hydrogen-bond donors (Lipinski definition) is 1. The molecule has 1 N–H and O–H groups in total. The van der Waals surface area contributed by atoms with Gasteiger partial charge in [0.2, 0.25) is 11.8 Å². The van der Waals surface area contributed by atoms with Crippen LogP contribution >= 0.6 is 11.6 Å². The lowest BCUT2D eigenvalue weighted by molar-refractivity contribution is -0.132. The number of alkyl halides is 1. The zero-order chi connectivity index (χ0) is 16.7. The molecule has 0 aromatic heterocycles. The minimum atomic E-state index is 0.00384. The van der Waals surface area contributed by atoms with Crippen LogP contribution in [0.4, 0.5) is 0 Å². The predicted octanol–water partition coefficient (Wildman–Crippen LogP) is 2.66. The molecule has 126 valence electrons. The number of nitrogens with one attached hydrogen (secondary N) is 1. The number of amides is 2. The van der Waals surface area contributed by atoms with Gasteiger partial charge in [0.25, 0.3) is 0 Å². The number of hydrogen-bond acceptors (Lipinski definition) is 2. The maximum absolute atomic E-state index is 12.3. The third-order valence-corrected chi connectivity index (χ3v) is 4.47. The summed E-state index contributed by atoms with van der Waals surface area (Å²) in [6.07, 6.45) is 3.34. The molecule has 0 bridgehead atoms. The van der Waals surface area contributed by atoms with Crippen LogP contribution in [-0.4, -0.2) is 41.7 Å². The minimum absolute atomic E-state index is 0.00384. The molecule has 1 aromatic carbocycles. The first-order chi connectivity index (χ1) is 11.1. The van der Waals surface area contributed by atoms with Crippen molar-refractivity contribution < 1.29 is 9.59 Å². The van der Waals surface area contributed by atoms with E-state index in [0.717, 1.165) is 32.4 Å². The Balaban J connectivity index is 1.71. The summed E-state index contributed by atoms with van der Waals surface area (Å²) in [5, 5.41) is 2.98. The van der Waals surface area contributed by atoms with Crippen LogP contribution in [0.15, 0.2) is 24.3 Å². The molecule has 0 unspecified atom stereocenters. The molecule has 1 fully saturated rings. The third kappa shape index (κ3) is 5.87. The van der Waals surface area contributed by atoms with Crippen molar-refractivity contribution in [3.8, 4) is 0 Å². The number of piperidine rings is 1. The van der Waals surface area contributed by atoms with E-state index in [2.05, 4.69) is 36.5 Å². The first-order valence-corrected chi connectivity index (χ1v) is 8.80. The molecule has 5 heteroatoms. The van der Waals surface area contributed by atoms with Gasteiger partial charge in [0, 0.05) is 37.9 Å². The minimum Gasteiger partial charge on any atom is -0.353 e. The Morgan fingerprint density at radius 1 is 1.17 bits per heavy atom. The Bertz CT molecular complexity index is 522. The fourth-order valence-corrected chi connectivity index (χ4v) is 2.99. The van der Waals surface area contributed by atoms with Gasteiger partial charge in [-0.1, -0.05) is 29.8 Å². The van der Waals surface area contributed by atoms with E-state index in [1.807, 2.05) is 4.90 Å². The van der Waals surface area contributed by atoms with Gasteiger partial charge >= 0.3 is 0 Å². The molecule has 4 nitrogen and oxygen atoms in total. The Hall–Kier alpha value is -1.55. The second-order valence-electron chi connectivity index (χ2n) is 6.15. The van der Waals surface area contributed by atoms with Crippen LogP contribution in [0.1, 0.15) is 36.8 Å². The largest absolute Gasteiger partial charge is 0.353 e. The molecule has 0 saturated carbocycles. The summed E-state index contributed by atoms with van der Waals surface area (Å²) < 4.78 is 0. The van der Waals surface area contributed by atoms with Crippen molar-refractivity contribution in [2.45, 2.75) is 45.1 Å². The van der Waals surface area contributed by atoms with Crippen molar-refractivity contribution in [3.05, 3.63) is 35.4 Å². The standard InChI is InChI=1S/C18H25ClN2O2/c1-14-2-4-15(5-3-14)6-7-18(23)21-12-9-16(10-13-21)20-17(22)8-11-19/h2-5,16H,6-13H2,1H3,(H,20,22). The van der Waals surface area contributed by atoms with Crippen molar-refractivity contribution in [2.75, 3.05) is 19.0 Å². The summed E-state index contributed by atoms with van der Waals surface area (Å²) in [6, 6.07) is 8.50. The van der Waals surface area contributed by atoms with E-state index >= 15 is 0 Å². The van der Waals surface area contributed by atoms with Gasteiger partial charge in [-0.15, -0.1) is 11.6 Å². The number of benzene rings is 1. The van der Waals surface area contributed by atoms with Gasteiger partial charge < -0.3 is 10.2 Å². The number of rotatable bonds is 6. The quantitative estimate of drug-likeness (QED) is 0.812. The van der Waals surface area contributed by atoms with Gasteiger partial charge in [-0.05, 0) is 31.7 Å². The van der Waals surface area contributed by atoms with Gasteiger partial charge in [-0.2, -0.15) is 0 Å². The van der Waals surface area contributed by atoms with Gasteiger partial charge in [0.05, 0.1) is 0 Å². The molecule has 1 heterocycles. The van der Waals surface area contributed by atoms with Gasteiger partial charge in [0.15, 0.2) is 0 Å². The number of likely N-dealkylation sites (tertiary alicyclic amines) is 1. The zero-order valence-corrected chi connectivity index (χ0v) is 14.4. The van der Waals surface area contributed by atoms with E-state index in [0.29, 0.717) is 18.7 Å². The van der Waals surface area contributed by atoms with E-state index in [-0.39, 0.29) is 17.9 Å². The second kappa shape index (κ2) is 8.92. The highest BCUT2D eigenvalue weighted by molar-refractivity contribution is 6.18. The highest BCUT2D eigenvalue weighted by atomic mass is 35.5. The van der Waals surface area contributed by atoms with Crippen molar-refractivity contribution in [3.63, 3.8) is 0 Å². The second-order valence-corrected chi connectivity index (χ2v) is 6.53. The Labute approximate surface area is 143 Å². The molecule has 2 rings (SSSR count). The predicted molar refractivity (Wildman–Crippen MR) is 92.6 cm³/mol. The first kappa shape index (κ1) is 17.8. The van der Waals surface area contributed by atoms with E-state index in [1.165, 1.54) is 11.1 Å². The molecule has 0 spiro atoms. The smallest absolute Gasteiger partial charge is 0.222 e. The molecule has 1 aliphatic heterocycles. The summed E-state index contributed by atoms with van der Waals surface area (Å²) in [5.41, 5.74) is 2.44. The Morgan fingerprint density at radius 2 is 1.83 bits per heavy atom. The summed E-state index contributed by atoms with van der Waals surface area (Å²) in [6.45, 7) is 3.50. The number of carbonyl (C=O) groups excluding carboxylic acids is 2. The maximum Gasteiger partial charge on any atom is 0.222 e. The molecule has 1 aliphatic rings. The van der Waals surface area contributed by atoms with Crippen LogP contribution in [0.25, 0.3) is 0 Å². The molecule has 2 amide bonds. The molecule has 0 aliphatic carbocycles. The molecular formula is C18H25ClN2O2. The van der Waals surface area contributed by atoms with Crippen LogP contribution in [0.3, 0.4) is 0 Å². The van der Waals surface area contributed by atoms with Gasteiger partial charge in [-0.25, -0.2) is 0 Å². The average Bonchev–Trinajstić information content (AvgIpc) is 2.55. The topological polar surface area (TPSA) is 49.4 Å². The zero-order valence-electron chi connectivity index (χ0n) is 13.7. The average molecular weight is 337 g/mol. The Morgan fingerprint density at radius 3 is 2.43 bits per heavy atom. The SMILES string of the molecule is Cc1ccc(CCC(=O)N2CCC(NC(=O)CCCl)CC2)cc1. The Kier molecular flexibility index (Phi) is 6.90. The van der Waals surface area contributed by atoms with Crippen LogP contribution in [0.5, 0.6) is 0 Å². The van der Waals surface area contributed by atoms with E-state index in [4.69, 9.17) is 11.6 Å². The molecule has 23 heavy (non-hydrogen) atoms. The van der Waals surface area contributed by atoms with Crippen LogP contribution in [-0.2, 0) is 16.0 Å². The molecule has 0 radical (unpaired) electrons. The van der Waals surface area contributed by atoms with Gasteiger partial charge in [-0.3, -0.25) is 9.59 Å². The van der Waals surface area contributed by atoms with Crippen LogP contribution < -0.4 is 5.32 Å². The summed E-state index contributed by atoms with van der Waals surface area (Å²) in [7, 11) is 0. The van der Waals surface area contributed by atoms with Gasteiger partial charge in [0.1, 0.15) is 0 Å². The van der Waals surface area contributed by atoms with Crippen molar-refractivity contribution in [1.82, 2.24) is 10.2 Å². The summed E-state index contributed by atoms with van der Waals surface area (Å²) in [5.74, 6) is 0.558. The lowest BCUT2D eigenvalue weighted by Gasteiger charge is -2.32. The summed E-state index contributed by atoms with van der Waals surface area (Å²) >= 11 is 5.56. The summed E-state index contributed by atoms with van der Waals surface area (Å²) in [4.78, 5) is 25.7. The normalized spacial score (nSPS) is 15.5. The van der Waals surface area contributed by atoms with Crippen molar-refractivity contribution in [1.29, 1.82) is 0 Å². The molecule has 1 aromatic rings. The third-order valence-electron chi connectivity index (χ3n) is 4.28. The maximum atomic E-state index is 12.3.